The summed E-state index contributed by atoms with van der Waals surface area (Å²) < 4.78 is 31.9. The monoisotopic (exact) mass is 383 g/mol. The summed E-state index contributed by atoms with van der Waals surface area (Å²) in [6.45, 7) is 0.561. The fourth-order valence-electron chi connectivity index (χ4n) is 3.48. The van der Waals surface area contributed by atoms with Gasteiger partial charge in [-0.05, 0) is 54.8 Å². The lowest BCUT2D eigenvalue weighted by molar-refractivity contribution is -0.118. The Labute approximate surface area is 161 Å². The molecule has 5 nitrogen and oxygen atoms in total. The van der Waals surface area contributed by atoms with E-state index in [4.69, 9.17) is 4.52 Å². The van der Waals surface area contributed by atoms with Crippen molar-refractivity contribution in [2.75, 3.05) is 11.4 Å². The summed E-state index contributed by atoms with van der Waals surface area (Å²) in [6, 6.07) is 12.2. The Morgan fingerprint density at radius 1 is 1.11 bits per heavy atom. The van der Waals surface area contributed by atoms with Gasteiger partial charge in [0.05, 0.1) is 0 Å². The van der Waals surface area contributed by atoms with Gasteiger partial charge in [0.1, 0.15) is 11.6 Å². The van der Waals surface area contributed by atoms with Crippen molar-refractivity contribution in [1.82, 2.24) is 10.1 Å². The number of rotatable bonds is 4. The minimum absolute atomic E-state index is 0.0565. The Hall–Kier alpha value is -3.09. The van der Waals surface area contributed by atoms with Gasteiger partial charge in [-0.2, -0.15) is 4.98 Å². The van der Waals surface area contributed by atoms with Crippen LogP contribution in [0.25, 0.3) is 0 Å². The van der Waals surface area contributed by atoms with Crippen LogP contribution in [-0.4, -0.2) is 22.6 Å². The highest BCUT2D eigenvalue weighted by Gasteiger charge is 2.29. The van der Waals surface area contributed by atoms with Crippen molar-refractivity contribution < 1.29 is 18.1 Å². The van der Waals surface area contributed by atoms with Crippen LogP contribution in [0.15, 0.2) is 53.1 Å². The molecule has 2 aromatic carbocycles. The number of aromatic nitrogens is 2. The van der Waals surface area contributed by atoms with Gasteiger partial charge in [0, 0.05) is 31.0 Å². The maximum absolute atomic E-state index is 13.3. The van der Waals surface area contributed by atoms with E-state index in [1.54, 1.807) is 29.2 Å². The molecule has 0 aliphatic carbocycles. The van der Waals surface area contributed by atoms with Crippen LogP contribution in [0.2, 0.25) is 0 Å². The average molecular weight is 383 g/mol. The first kappa shape index (κ1) is 18.3. The van der Waals surface area contributed by atoms with Gasteiger partial charge in [0.2, 0.25) is 11.8 Å². The van der Waals surface area contributed by atoms with Crippen molar-refractivity contribution in [2.24, 2.45) is 0 Å². The van der Waals surface area contributed by atoms with Gasteiger partial charge in [-0.25, -0.2) is 8.78 Å². The zero-order valence-electron chi connectivity index (χ0n) is 15.1. The van der Waals surface area contributed by atoms with Crippen molar-refractivity contribution in [1.29, 1.82) is 0 Å². The minimum atomic E-state index is -0.333. The first-order valence-electron chi connectivity index (χ1n) is 9.21. The third kappa shape index (κ3) is 4.08. The number of carbonyl (C=O) groups is 1. The molecule has 0 bridgehead atoms. The molecule has 0 radical (unpaired) electrons. The summed E-state index contributed by atoms with van der Waals surface area (Å²) >= 11 is 0. The smallest absolute Gasteiger partial charge is 0.230 e. The maximum atomic E-state index is 13.3. The molecule has 1 saturated heterocycles. The fourth-order valence-corrected chi connectivity index (χ4v) is 3.48. The number of halogens is 2. The molecule has 1 atom stereocenters. The second-order valence-electron chi connectivity index (χ2n) is 6.92. The summed E-state index contributed by atoms with van der Waals surface area (Å²) in [5.41, 5.74) is 1.44. The van der Waals surface area contributed by atoms with Crippen LogP contribution < -0.4 is 4.90 Å². The van der Waals surface area contributed by atoms with Crippen molar-refractivity contribution >= 4 is 11.6 Å². The number of benzene rings is 2. The van der Waals surface area contributed by atoms with E-state index < -0.39 is 0 Å². The number of nitrogens with zero attached hydrogens (tertiary/aromatic N) is 3. The average Bonchev–Trinajstić information content (AvgIpc) is 3.04. The minimum Gasteiger partial charge on any atom is -0.339 e. The Balaban J connectivity index is 1.46. The standard InChI is InChI=1S/C21H19F2N3O2/c22-16-6-8-18(9-7-16)26-10-2-4-15(13-20(26)27)21-24-19(25-28-21)12-14-3-1-5-17(23)11-14/h1,3,5-9,11,15H,2,4,10,12-13H2. The molecular weight excluding hydrogens is 364 g/mol. The summed E-state index contributed by atoms with van der Waals surface area (Å²) in [4.78, 5) is 18.8. The predicted octanol–water partition coefficient (Wildman–Crippen LogP) is 4.24. The van der Waals surface area contributed by atoms with Gasteiger partial charge in [0.25, 0.3) is 0 Å². The number of hydrogen-bond acceptors (Lipinski definition) is 4. The maximum Gasteiger partial charge on any atom is 0.230 e. The topological polar surface area (TPSA) is 59.2 Å². The van der Waals surface area contributed by atoms with Crippen molar-refractivity contribution in [2.45, 2.75) is 31.6 Å². The number of anilines is 1. The van der Waals surface area contributed by atoms with Crippen molar-refractivity contribution in [3.05, 3.63) is 77.4 Å². The van der Waals surface area contributed by atoms with Gasteiger partial charge in [-0.15, -0.1) is 0 Å². The van der Waals surface area contributed by atoms with E-state index in [1.165, 1.54) is 24.3 Å². The third-order valence-electron chi connectivity index (χ3n) is 4.88. The Kier molecular flexibility index (Phi) is 5.14. The van der Waals surface area contributed by atoms with Crippen molar-refractivity contribution in [3.63, 3.8) is 0 Å². The van der Waals surface area contributed by atoms with Gasteiger partial charge in [-0.1, -0.05) is 17.3 Å². The van der Waals surface area contributed by atoms with Crippen molar-refractivity contribution in [3.8, 4) is 0 Å². The van der Waals surface area contributed by atoms with Crippen LogP contribution in [-0.2, 0) is 11.2 Å². The summed E-state index contributed by atoms with van der Waals surface area (Å²) in [6.07, 6.45) is 2.13. The highest BCUT2D eigenvalue weighted by atomic mass is 19.1. The zero-order chi connectivity index (χ0) is 19.5. The van der Waals surface area contributed by atoms with Gasteiger partial charge < -0.3 is 9.42 Å². The molecule has 1 aromatic heterocycles. The molecule has 0 spiro atoms. The molecule has 144 valence electrons. The highest BCUT2D eigenvalue weighted by Crippen LogP contribution is 2.30. The SMILES string of the molecule is O=C1CC(c2nc(Cc3cccc(F)c3)no2)CCCN1c1ccc(F)cc1. The molecule has 1 fully saturated rings. The van der Waals surface area contributed by atoms with Gasteiger partial charge >= 0.3 is 0 Å². The summed E-state index contributed by atoms with van der Waals surface area (Å²) in [5.74, 6) is 0.0381. The van der Waals surface area contributed by atoms with Gasteiger partial charge in [0.15, 0.2) is 5.82 Å². The van der Waals surface area contributed by atoms with E-state index in [-0.39, 0.29) is 29.9 Å². The summed E-state index contributed by atoms with van der Waals surface area (Å²) in [7, 11) is 0. The third-order valence-corrected chi connectivity index (χ3v) is 4.88. The van der Waals surface area contributed by atoms with Crippen LogP contribution in [0.5, 0.6) is 0 Å². The molecular formula is C21H19F2N3O2. The second-order valence-corrected chi connectivity index (χ2v) is 6.92. The van der Waals surface area contributed by atoms with Crippen LogP contribution in [0, 0.1) is 11.6 Å². The lowest BCUT2D eigenvalue weighted by Crippen LogP contribution is -2.30. The summed E-state index contributed by atoms with van der Waals surface area (Å²) in [5, 5.41) is 3.98. The molecule has 0 saturated carbocycles. The molecule has 4 rings (SSSR count). The lowest BCUT2D eigenvalue weighted by Gasteiger charge is -2.20. The second kappa shape index (κ2) is 7.88. The Morgan fingerprint density at radius 3 is 2.71 bits per heavy atom. The molecule has 2 heterocycles. The van der Waals surface area contributed by atoms with Gasteiger partial charge in [-0.3, -0.25) is 4.79 Å². The first-order chi connectivity index (χ1) is 13.6. The van der Waals surface area contributed by atoms with E-state index in [0.29, 0.717) is 30.4 Å². The molecule has 1 amide bonds. The molecule has 1 aliphatic rings. The lowest BCUT2D eigenvalue weighted by atomic mass is 10.0. The Morgan fingerprint density at radius 2 is 1.93 bits per heavy atom. The molecule has 1 unspecified atom stereocenters. The first-order valence-corrected chi connectivity index (χ1v) is 9.21. The van der Waals surface area contributed by atoms with E-state index >= 15 is 0 Å². The Bertz CT molecular complexity index is 972. The highest BCUT2D eigenvalue weighted by molar-refractivity contribution is 5.94. The zero-order valence-corrected chi connectivity index (χ0v) is 15.1. The fraction of sp³-hybridized carbons (Fsp3) is 0.286. The van der Waals surface area contributed by atoms with Crippen LogP contribution in [0.4, 0.5) is 14.5 Å². The quantitative estimate of drug-likeness (QED) is 0.676. The molecule has 28 heavy (non-hydrogen) atoms. The van der Waals surface area contributed by atoms with Crippen LogP contribution in [0.3, 0.4) is 0 Å². The number of hydrogen-bond donors (Lipinski definition) is 0. The molecule has 1 aliphatic heterocycles. The van der Waals surface area contributed by atoms with E-state index in [9.17, 15) is 13.6 Å². The molecule has 7 heteroatoms. The van der Waals surface area contributed by atoms with E-state index in [0.717, 1.165) is 18.4 Å². The molecule has 0 N–H and O–H groups in total. The largest absolute Gasteiger partial charge is 0.339 e. The van der Waals surface area contributed by atoms with E-state index in [1.807, 2.05) is 0 Å². The number of amides is 1. The van der Waals surface area contributed by atoms with Crippen LogP contribution >= 0.6 is 0 Å². The van der Waals surface area contributed by atoms with E-state index in [2.05, 4.69) is 10.1 Å². The van der Waals surface area contributed by atoms with Crippen LogP contribution in [0.1, 0.15) is 42.5 Å². The number of carbonyl (C=O) groups excluding carboxylic acids is 1. The predicted molar refractivity (Wildman–Crippen MR) is 98.8 cm³/mol. The molecule has 3 aromatic rings. The normalized spacial score (nSPS) is 17.6.